The van der Waals surface area contributed by atoms with E-state index in [4.69, 9.17) is 4.74 Å². The van der Waals surface area contributed by atoms with Gasteiger partial charge in [-0.25, -0.2) is 4.98 Å². The SMILES string of the molecule is CCC(C)(OC)C(=O)N1CCN(C(=O)Cn2cc3cc(NC(=O)c4cccc(C(F)(F)F)n4)c(C)cc3n2)CC1. The van der Waals surface area contributed by atoms with Crippen LogP contribution in [0.1, 0.15) is 42.0 Å². The van der Waals surface area contributed by atoms with Crippen molar-refractivity contribution >= 4 is 34.3 Å². The van der Waals surface area contributed by atoms with Gasteiger partial charge in [0, 0.05) is 50.6 Å². The number of pyridine rings is 1. The number of rotatable bonds is 7. The number of fused-ring (bicyclic) bond motifs is 1. The number of anilines is 1. The van der Waals surface area contributed by atoms with Crippen molar-refractivity contribution in [2.75, 3.05) is 38.6 Å². The van der Waals surface area contributed by atoms with Gasteiger partial charge in [0.05, 0.1) is 5.52 Å². The lowest BCUT2D eigenvalue weighted by Crippen LogP contribution is -2.56. The molecule has 3 heterocycles. The minimum Gasteiger partial charge on any atom is -0.369 e. The molecule has 40 heavy (non-hydrogen) atoms. The fourth-order valence-corrected chi connectivity index (χ4v) is 4.46. The van der Waals surface area contributed by atoms with Crippen molar-refractivity contribution in [1.29, 1.82) is 0 Å². The molecule has 0 spiro atoms. The van der Waals surface area contributed by atoms with Crippen LogP contribution in [0.15, 0.2) is 36.5 Å². The number of piperazine rings is 1. The Morgan fingerprint density at radius 1 is 1.07 bits per heavy atom. The highest BCUT2D eigenvalue weighted by molar-refractivity contribution is 6.04. The molecule has 1 atom stereocenters. The molecule has 3 amide bonds. The van der Waals surface area contributed by atoms with Crippen molar-refractivity contribution < 1.29 is 32.3 Å². The topological polar surface area (TPSA) is 110 Å². The van der Waals surface area contributed by atoms with Crippen LogP contribution in [-0.4, -0.2) is 81.2 Å². The number of aromatic nitrogens is 3. The number of nitrogens with one attached hydrogen (secondary N) is 1. The molecule has 4 rings (SSSR count). The Morgan fingerprint density at radius 2 is 1.75 bits per heavy atom. The van der Waals surface area contributed by atoms with Crippen LogP contribution < -0.4 is 5.32 Å². The number of benzene rings is 1. The Hall–Kier alpha value is -4.00. The lowest BCUT2D eigenvalue weighted by molar-refractivity contribution is -0.156. The maximum absolute atomic E-state index is 13.0. The Balaban J connectivity index is 1.41. The standard InChI is InChI=1S/C27H31F3N6O4/c1-5-26(3,40-4)25(39)35-11-9-34(10-12-35)23(37)16-36-15-18-14-20(17(2)13-21(18)33-36)32-24(38)19-7-6-8-22(31-19)27(28,29)30/h6-8,13-15H,5,9-12,16H2,1-4H3,(H,32,38). The van der Waals surface area contributed by atoms with Gasteiger partial charge in [0.15, 0.2) is 0 Å². The maximum atomic E-state index is 13.0. The zero-order valence-corrected chi connectivity index (χ0v) is 22.7. The van der Waals surface area contributed by atoms with Crippen LogP contribution in [0.4, 0.5) is 18.9 Å². The third kappa shape index (κ3) is 6.09. The molecule has 214 valence electrons. The van der Waals surface area contributed by atoms with Crippen molar-refractivity contribution in [2.45, 2.75) is 45.5 Å². The molecule has 1 fully saturated rings. The molecule has 1 unspecified atom stereocenters. The molecule has 1 aromatic carbocycles. The van der Waals surface area contributed by atoms with E-state index >= 15 is 0 Å². The molecule has 1 saturated heterocycles. The quantitative estimate of drug-likeness (QED) is 0.474. The van der Waals surface area contributed by atoms with E-state index in [0.717, 1.165) is 12.1 Å². The molecule has 1 aliphatic heterocycles. The first-order valence-corrected chi connectivity index (χ1v) is 12.8. The number of hydrogen-bond donors (Lipinski definition) is 1. The van der Waals surface area contributed by atoms with E-state index < -0.39 is 23.4 Å². The molecular weight excluding hydrogens is 529 g/mol. The first-order valence-electron chi connectivity index (χ1n) is 12.8. The lowest BCUT2D eigenvalue weighted by Gasteiger charge is -2.39. The minimum atomic E-state index is -4.66. The van der Waals surface area contributed by atoms with Gasteiger partial charge in [-0.05, 0) is 50.1 Å². The number of methoxy groups -OCH3 is 1. The van der Waals surface area contributed by atoms with Crippen LogP contribution >= 0.6 is 0 Å². The minimum absolute atomic E-state index is 0.0116. The first kappa shape index (κ1) is 29.0. The second-order valence-electron chi connectivity index (χ2n) is 9.87. The summed E-state index contributed by atoms with van der Waals surface area (Å²) in [6.45, 7) is 6.98. The van der Waals surface area contributed by atoms with Crippen LogP contribution in [0.5, 0.6) is 0 Å². The normalized spacial score (nSPS) is 15.7. The van der Waals surface area contributed by atoms with E-state index in [1.165, 1.54) is 17.9 Å². The van der Waals surface area contributed by atoms with Gasteiger partial charge in [-0.2, -0.15) is 18.3 Å². The number of alkyl halides is 3. The van der Waals surface area contributed by atoms with Gasteiger partial charge < -0.3 is 19.9 Å². The van der Waals surface area contributed by atoms with Crippen molar-refractivity contribution in [3.8, 4) is 0 Å². The molecule has 0 aliphatic carbocycles. The van der Waals surface area contributed by atoms with E-state index in [2.05, 4.69) is 15.4 Å². The predicted molar refractivity (Wildman–Crippen MR) is 141 cm³/mol. The highest BCUT2D eigenvalue weighted by atomic mass is 19.4. The summed E-state index contributed by atoms with van der Waals surface area (Å²) < 4.78 is 45.8. The van der Waals surface area contributed by atoms with Crippen LogP contribution in [0.25, 0.3) is 10.9 Å². The number of nitrogens with zero attached hydrogens (tertiary/aromatic N) is 5. The number of carbonyl (C=O) groups is 3. The highest BCUT2D eigenvalue weighted by Crippen LogP contribution is 2.28. The highest BCUT2D eigenvalue weighted by Gasteiger charge is 2.37. The Bertz CT molecular complexity index is 1430. The molecule has 0 radical (unpaired) electrons. The summed E-state index contributed by atoms with van der Waals surface area (Å²) >= 11 is 0. The Labute approximate surface area is 229 Å². The summed E-state index contributed by atoms with van der Waals surface area (Å²) in [5.41, 5.74) is -0.783. The Kier molecular flexibility index (Phi) is 8.15. The average molecular weight is 561 g/mol. The molecular formula is C27H31F3N6O4. The third-order valence-electron chi connectivity index (χ3n) is 7.21. The van der Waals surface area contributed by atoms with Gasteiger partial charge in [-0.15, -0.1) is 0 Å². The fourth-order valence-electron chi connectivity index (χ4n) is 4.46. The number of halogens is 3. The summed E-state index contributed by atoms with van der Waals surface area (Å²) in [5, 5.41) is 7.71. The largest absolute Gasteiger partial charge is 0.433 e. The summed E-state index contributed by atoms with van der Waals surface area (Å²) in [4.78, 5) is 45.2. The predicted octanol–water partition coefficient (Wildman–Crippen LogP) is 3.50. The zero-order valence-electron chi connectivity index (χ0n) is 22.7. The number of hydrogen-bond acceptors (Lipinski definition) is 6. The molecule has 1 N–H and O–H groups in total. The Morgan fingerprint density at radius 3 is 2.38 bits per heavy atom. The van der Waals surface area contributed by atoms with E-state index in [-0.39, 0.29) is 24.1 Å². The van der Waals surface area contributed by atoms with Crippen molar-refractivity contribution in [1.82, 2.24) is 24.6 Å². The van der Waals surface area contributed by atoms with E-state index in [1.54, 1.807) is 42.0 Å². The zero-order chi connectivity index (χ0) is 29.2. The van der Waals surface area contributed by atoms with Crippen LogP contribution in [0.3, 0.4) is 0 Å². The summed E-state index contributed by atoms with van der Waals surface area (Å²) in [6, 6.07) is 6.50. The van der Waals surface area contributed by atoms with Crippen LogP contribution in [-0.2, 0) is 27.0 Å². The molecule has 13 heteroatoms. The van der Waals surface area contributed by atoms with E-state index in [9.17, 15) is 27.6 Å². The fraction of sp³-hybridized carbons (Fsp3) is 0.444. The van der Waals surface area contributed by atoms with Crippen molar-refractivity contribution in [3.63, 3.8) is 0 Å². The monoisotopic (exact) mass is 560 g/mol. The van der Waals surface area contributed by atoms with Gasteiger partial charge in [0.1, 0.15) is 23.5 Å². The second-order valence-corrected chi connectivity index (χ2v) is 9.87. The first-order chi connectivity index (χ1) is 18.8. The maximum Gasteiger partial charge on any atom is 0.433 e. The van der Waals surface area contributed by atoms with Gasteiger partial charge in [-0.1, -0.05) is 13.0 Å². The number of amides is 3. The molecule has 1 aliphatic rings. The van der Waals surface area contributed by atoms with Crippen LogP contribution in [0, 0.1) is 6.92 Å². The van der Waals surface area contributed by atoms with Crippen molar-refractivity contribution in [3.05, 3.63) is 53.5 Å². The van der Waals surface area contributed by atoms with E-state index in [0.29, 0.717) is 54.8 Å². The van der Waals surface area contributed by atoms with Gasteiger partial charge in [-0.3, -0.25) is 19.1 Å². The summed E-state index contributed by atoms with van der Waals surface area (Å²) in [5.74, 6) is -1.02. The molecule has 0 saturated carbocycles. The average Bonchev–Trinajstić information content (AvgIpc) is 3.32. The lowest BCUT2D eigenvalue weighted by atomic mass is 10.0. The second kappa shape index (κ2) is 11.2. The number of ether oxygens (including phenoxy) is 1. The van der Waals surface area contributed by atoms with Crippen molar-refractivity contribution in [2.24, 2.45) is 0 Å². The van der Waals surface area contributed by atoms with E-state index in [1.807, 2.05) is 6.92 Å². The molecule has 0 bridgehead atoms. The van der Waals surface area contributed by atoms with Gasteiger partial charge >= 0.3 is 6.18 Å². The summed E-state index contributed by atoms with van der Waals surface area (Å²) in [7, 11) is 1.52. The third-order valence-corrected chi connectivity index (χ3v) is 7.21. The van der Waals surface area contributed by atoms with Gasteiger partial charge in [0.25, 0.3) is 11.8 Å². The molecule has 2 aromatic heterocycles. The smallest absolute Gasteiger partial charge is 0.369 e. The van der Waals surface area contributed by atoms with Gasteiger partial charge in [0.2, 0.25) is 5.91 Å². The summed E-state index contributed by atoms with van der Waals surface area (Å²) in [6.07, 6.45) is -2.46. The molecule has 10 nitrogen and oxygen atoms in total. The van der Waals surface area contributed by atoms with Crippen LogP contribution in [0.2, 0.25) is 0 Å². The number of carbonyl (C=O) groups excluding carboxylic acids is 3. The molecule has 3 aromatic rings. The number of aryl methyl sites for hydroxylation is 1.